The molecule has 2 rings (SSSR count). The monoisotopic (exact) mass is 412 g/mol. The van der Waals surface area contributed by atoms with Crippen molar-refractivity contribution in [1.82, 2.24) is 0 Å². The second-order valence-corrected chi connectivity index (χ2v) is 8.29. The molecule has 0 aromatic heterocycles. The second kappa shape index (κ2) is 8.09. The molecular weight excluding hydrogens is 392 g/mol. The standard InChI is InChI=1S/C17H20N2O6S2/c1-12(2)17-15(24-26(18,20)21)10-14(11-16(17)25-27(19,22)23)9-8-13-6-4-3-5-7-13/h3-12H,1-2H3,(H2,18,20,21)(H2,19,22,23)/b9-8+. The molecule has 27 heavy (non-hydrogen) atoms. The minimum Gasteiger partial charge on any atom is -0.371 e. The maximum Gasteiger partial charge on any atom is 0.380 e. The Balaban J connectivity index is 2.62. The predicted molar refractivity (Wildman–Crippen MR) is 103 cm³/mol. The summed E-state index contributed by atoms with van der Waals surface area (Å²) in [5, 5.41) is 9.95. The highest BCUT2D eigenvalue weighted by atomic mass is 32.2. The first-order valence-electron chi connectivity index (χ1n) is 7.80. The van der Waals surface area contributed by atoms with E-state index in [0.29, 0.717) is 5.56 Å². The van der Waals surface area contributed by atoms with Gasteiger partial charge < -0.3 is 8.37 Å². The largest absolute Gasteiger partial charge is 0.380 e. The summed E-state index contributed by atoms with van der Waals surface area (Å²) >= 11 is 0. The van der Waals surface area contributed by atoms with Gasteiger partial charge in [-0.25, -0.2) is 0 Å². The normalized spacial score (nSPS) is 12.5. The van der Waals surface area contributed by atoms with E-state index in [1.807, 2.05) is 30.3 Å². The molecule has 0 aliphatic heterocycles. The summed E-state index contributed by atoms with van der Waals surface area (Å²) in [7, 11) is -8.68. The van der Waals surface area contributed by atoms with Gasteiger partial charge in [-0.1, -0.05) is 56.3 Å². The van der Waals surface area contributed by atoms with Gasteiger partial charge in [-0.3, -0.25) is 0 Å². The second-order valence-electron chi connectivity index (χ2n) is 5.98. The van der Waals surface area contributed by atoms with Crippen molar-refractivity contribution in [3.05, 3.63) is 59.2 Å². The molecule has 2 aromatic rings. The van der Waals surface area contributed by atoms with Crippen molar-refractivity contribution < 1.29 is 25.2 Å². The SMILES string of the molecule is CC(C)c1c(OS(N)(=O)=O)cc(/C=C/c2ccccc2)cc1OS(N)(=O)=O. The zero-order valence-corrected chi connectivity index (χ0v) is 16.3. The molecule has 0 bridgehead atoms. The maximum atomic E-state index is 11.4. The average Bonchev–Trinajstić information content (AvgIpc) is 2.50. The van der Waals surface area contributed by atoms with Crippen LogP contribution in [0.3, 0.4) is 0 Å². The summed E-state index contributed by atoms with van der Waals surface area (Å²) in [5.41, 5.74) is 1.52. The van der Waals surface area contributed by atoms with Gasteiger partial charge in [0.25, 0.3) is 0 Å². The molecule has 0 atom stereocenters. The van der Waals surface area contributed by atoms with Crippen LogP contribution in [0.1, 0.15) is 36.5 Å². The molecule has 0 spiro atoms. The van der Waals surface area contributed by atoms with Gasteiger partial charge in [0.15, 0.2) is 11.5 Å². The van der Waals surface area contributed by atoms with Crippen LogP contribution in [0, 0.1) is 0 Å². The van der Waals surface area contributed by atoms with Crippen molar-refractivity contribution in [2.45, 2.75) is 19.8 Å². The van der Waals surface area contributed by atoms with E-state index in [0.717, 1.165) is 5.56 Å². The van der Waals surface area contributed by atoms with Gasteiger partial charge in [0, 0.05) is 5.56 Å². The van der Waals surface area contributed by atoms with Gasteiger partial charge >= 0.3 is 20.6 Å². The highest BCUT2D eigenvalue weighted by Gasteiger charge is 2.22. The van der Waals surface area contributed by atoms with Gasteiger partial charge in [0.2, 0.25) is 0 Å². The molecule has 0 saturated heterocycles. The van der Waals surface area contributed by atoms with E-state index in [4.69, 9.17) is 18.6 Å². The predicted octanol–water partition coefficient (Wildman–Crippen LogP) is 2.15. The minimum atomic E-state index is -4.34. The third kappa shape index (κ3) is 6.68. The molecule has 0 unspecified atom stereocenters. The van der Waals surface area contributed by atoms with Crippen molar-refractivity contribution in [3.63, 3.8) is 0 Å². The summed E-state index contributed by atoms with van der Waals surface area (Å²) in [5.74, 6) is -0.617. The number of nitrogens with two attached hydrogens (primary N) is 2. The molecule has 0 heterocycles. The topological polar surface area (TPSA) is 139 Å². The van der Waals surface area contributed by atoms with Crippen molar-refractivity contribution >= 4 is 32.8 Å². The van der Waals surface area contributed by atoms with E-state index >= 15 is 0 Å². The lowest BCUT2D eigenvalue weighted by atomic mass is 9.98. The Hall–Kier alpha value is -2.40. The Morgan fingerprint density at radius 3 is 1.67 bits per heavy atom. The van der Waals surface area contributed by atoms with Gasteiger partial charge in [-0.15, -0.1) is 0 Å². The Bertz CT molecular complexity index is 991. The fourth-order valence-corrected chi connectivity index (χ4v) is 3.21. The quantitative estimate of drug-likeness (QED) is 0.668. The fraction of sp³-hybridized carbons (Fsp3) is 0.176. The molecule has 0 fully saturated rings. The number of rotatable bonds is 7. The van der Waals surface area contributed by atoms with E-state index in [1.54, 1.807) is 26.0 Å². The van der Waals surface area contributed by atoms with Gasteiger partial charge in [-0.2, -0.15) is 27.1 Å². The average molecular weight is 412 g/mol. The van der Waals surface area contributed by atoms with Crippen LogP contribution in [0.4, 0.5) is 0 Å². The molecule has 0 aliphatic carbocycles. The zero-order chi connectivity index (χ0) is 20.2. The third-order valence-electron chi connectivity index (χ3n) is 3.38. The van der Waals surface area contributed by atoms with Crippen molar-refractivity contribution in [2.75, 3.05) is 0 Å². The van der Waals surface area contributed by atoms with Crippen molar-refractivity contribution in [2.24, 2.45) is 10.3 Å². The van der Waals surface area contributed by atoms with Crippen LogP contribution >= 0.6 is 0 Å². The van der Waals surface area contributed by atoms with Gasteiger partial charge in [0.1, 0.15) is 0 Å². The minimum absolute atomic E-state index is 0.138. The van der Waals surface area contributed by atoms with E-state index in [1.165, 1.54) is 12.1 Å². The highest BCUT2D eigenvalue weighted by molar-refractivity contribution is 7.85. The lowest BCUT2D eigenvalue weighted by Crippen LogP contribution is -2.22. The Morgan fingerprint density at radius 1 is 0.815 bits per heavy atom. The third-order valence-corrected chi connectivity index (χ3v) is 4.21. The Morgan fingerprint density at radius 2 is 1.26 bits per heavy atom. The van der Waals surface area contributed by atoms with Crippen molar-refractivity contribution in [3.8, 4) is 11.5 Å². The smallest absolute Gasteiger partial charge is 0.371 e. The number of hydrogen-bond acceptors (Lipinski definition) is 6. The molecule has 146 valence electrons. The van der Waals surface area contributed by atoms with Crippen LogP contribution in [-0.4, -0.2) is 16.8 Å². The van der Waals surface area contributed by atoms with Crippen molar-refractivity contribution in [1.29, 1.82) is 0 Å². The van der Waals surface area contributed by atoms with Gasteiger partial charge in [0.05, 0.1) is 0 Å². The highest BCUT2D eigenvalue weighted by Crippen LogP contribution is 2.38. The van der Waals surface area contributed by atoms with Crippen LogP contribution < -0.4 is 18.6 Å². The van der Waals surface area contributed by atoms with E-state index in [2.05, 4.69) is 0 Å². The first kappa shape index (κ1) is 20.9. The number of hydrogen-bond donors (Lipinski definition) is 2. The molecule has 0 saturated carbocycles. The number of benzene rings is 2. The molecule has 10 heteroatoms. The van der Waals surface area contributed by atoms with Crippen LogP contribution in [0.2, 0.25) is 0 Å². The Kier molecular flexibility index (Phi) is 6.26. The zero-order valence-electron chi connectivity index (χ0n) is 14.7. The molecule has 4 N–H and O–H groups in total. The van der Waals surface area contributed by atoms with Crippen LogP contribution in [0.25, 0.3) is 12.2 Å². The summed E-state index contributed by atoms with van der Waals surface area (Å²) in [6.45, 7) is 3.42. The van der Waals surface area contributed by atoms with Gasteiger partial charge in [-0.05, 0) is 29.2 Å². The summed E-state index contributed by atoms with van der Waals surface area (Å²) in [6.07, 6.45) is 3.40. The van der Waals surface area contributed by atoms with E-state index in [9.17, 15) is 16.8 Å². The summed E-state index contributed by atoms with van der Waals surface area (Å²) < 4.78 is 55.4. The summed E-state index contributed by atoms with van der Waals surface area (Å²) in [6, 6.07) is 12.2. The lowest BCUT2D eigenvalue weighted by molar-refractivity contribution is 0.468. The Labute approximate surface area is 158 Å². The molecule has 0 radical (unpaired) electrons. The first-order valence-corrected chi connectivity index (χ1v) is 10.7. The van der Waals surface area contributed by atoms with E-state index in [-0.39, 0.29) is 23.0 Å². The molecule has 0 aliphatic rings. The first-order chi connectivity index (χ1) is 12.4. The van der Waals surface area contributed by atoms with Crippen LogP contribution in [-0.2, 0) is 20.6 Å². The van der Waals surface area contributed by atoms with Crippen LogP contribution in [0.15, 0.2) is 42.5 Å². The maximum absolute atomic E-state index is 11.4. The fourth-order valence-electron chi connectivity index (χ4n) is 2.43. The molecular formula is C17H20N2O6S2. The van der Waals surface area contributed by atoms with Crippen LogP contribution in [0.5, 0.6) is 11.5 Å². The summed E-state index contributed by atoms with van der Waals surface area (Å²) in [4.78, 5) is 0. The molecule has 0 amide bonds. The molecule has 2 aromatic carbocycles. The van der Waals surface area contributed by atoms with E-state index < -0.39 is 20.6 Å². The molecule has 8 nitrogen and oxygen atoms in total. The lowest BCUT2D eigenvalue weighted by Gasteiger charge is -2.17.